The lowest BCUT2D eigenvalue weighted by Gasteiger charge is -2.07. The van der Waals surface area contributed by atoms with Gasteiger partial charge in [0.2, 0.25) is 0 Å². The lowest BCUT2D eigenvalue weighted by atomic mass is 10.2. The summed E-state index contributed by atoms with van der Waals surface area (Å²) in [6, 6.07) is 7.20. The molecule has 0 bridgehead atoms. The second kappa shape index (κ2) is 6.58. The largest absolute Gasteiger partial charge is 0.377 e. The summed E-state index contributed by atoms with van der Waals surface area (Å²) < 4.78 is 31.4. The van der Waals surface area contributed by atoms with Gasteiger partial charge in [-0.05, 0) is 24.1 Å². The fourth-order valence-electron chi connectivity index (χ4n) is 1.18. The van der Waals surface area contributed by atoms with Crippen LogP contribution in [-0.2, 0) is 25.7 Å². The molecule has 0 unspecified atom stereocenters. The molecule has 0 atom stereocenters. The molecule has 96 valence electrons. The number of ether oxygens (including phenoxy) is 1. The SMILES string of the molecule is CCCOCc1cccc(NOS(C)(=O)=O)c1. The first-order valence-corrected chi connectivity index (χ1v) is 7.14. The third-order valence-corrected chi connectivity index (χ3v) is 2.24. The van der Waals surface area contributed by atoms with E-state index in [1.165, 1.54) is 0 Å². The van der Waals surface area contributed by atoms with Crippen molar-refractivity contribution in [3.63, 3.8) is 0 Å². The molecule has 1 rings (SSSR count). The van der Waals surface area contributed by atoms with E-state index in [0.29, 0.717) is 18.9 Å². The van der Waals surface area contributed by atoms with Crippen LogP contribution in [0.4, 0.5) is 5.69 Å². The minimum Gasteiger partial charge on any atom is -0.377 e. The van der Waals surface area contributed by atoms with Gasteiger partial charge in [-0.15, -0.1) is 0 Å². The molecule has 0 spiro atoms. The van der Waals surface area contributed by atoms with Gasteiger partial charge in [0, 0.05) is 6.61 Å². The first kappa shape index (κ1) is 14.0. The molecule has 0 fully saturated rings. The normalized spacial score (nSPS) is 11.4. The second-order valence-electron chi connectivity index (χ2n) is 3.64. The molecule has 1 aromatic rings. The second-order valence-corrected chi connectivity index (χ2v) is 5.22. The van der Waals surface area contributed by atoms with E-state index in [-0.39, 0.29) is 0 Å². The highest BCUT2D eigenvalue weighted by Gasteiger charge is 2.02. The van der Waals surface area contributed by atoms with Crippen molar-refractivity contribution in [1.29, 1.82) is 0 Å². The van der Waals surface area contributed by atoms with Crippen molar-refractivity contribution in [2.45, 2.75) is 20.0 Å². The van der Waals surface area contributed by atoms with Crippen LogP contribution in [0.5, 0.6) is 0 Å². The van der Waals surface area contributed by atoms with Crippen molar-refractivity contribution in [2.75, 3.05) is 18.3 Å². The zero-order chi connectivity index (χ0) is 12.7. The van der Waals surface area contributed by atoms with E-state index in [1.807, 2.05) is 13.0 Å². The standard InChI is InChI=1S/C11H17NO4S/c1-3-7-15-9-10-5-4-6-11(8-10)12-16-17(2,13)14/h4-6,8,12H,3,7,9H2,1-2H3. The first-order chi connectivity index (χ1) is 8.01. The fourth-order valence-corrected chi connectivity index (χ4v) is 1.43. The third kappa shape index (κ3) is 6.25. The van der Waals surface area contributed by atoms with E-state index in [4.69, 9.17) is 4.74 Å². The smallest absolute Gasteiger partial charge is 0.284 e. The zero-order valence-electron chi connectivity index (χ0n) is 9.97. The monoisotopic (exact) mass is 259 g/mol. The van der Waals surface area contributed by atoms with Crippen LogP contribution < -0.4 is 5.48 Å². The van der Waals surface area contributed by atoms with Gasteiger partial charge in [0.1, 0.15) is 0 Å². The average molecular weight is 259 g/mol. The van der Waals surface area contributed by atoms with Crippen LogP contribution >= 0.6 is 0 Å². The maximum Gasteiger partial charge on any atom is 0.284 e. The Labute approximate surface area is 102 Å². The Morgan fingerprint density at radius 2 is 2.12 bits per heavy atom. The van der Waals surface area contributed by atoms with Gasteiger partial charge < -0.3 is 4.74 Å². The zero-order valence-corrected chi connectivity index (χ0v) is 10.8. The predicted octanol–water partition coefficient (Wildman–Crippen LogP) is 1.92. The summed E-state index contributed by atoms with van der Waals surface area (Å²) in [5.74, 6) is 0. The molecular weight excluding hydrogens is 242 g/mol. The summed E-state index contributed by atoms with van der Waals surface area (Å²) in [6.45, 7) is 3.25. The maximum atomic E-state index is 10.8. The van der Waals surface area contributed by atoms with E-state index in [1.54, 1.807) is 18.2 Å². The molecule has 0 aliphatic carbocycles. The van der Waals surface area contributed by atoms with E-state index >= 15 is 0 Å². The number of hydrogen-bond acceptors (Lipinski definition) is 5. The molecule has 0 radical (unpaired) electrons. The van der Waals surface area contributed by atoms with E-state index in [0.717, 1.165) is 18.2 Å². The Hall–Kier alpha value is -1.11. The molecule has 6 heteroatoms. The highest BCUT2D eigenvalue weighted by atomic mass is 32.2. The third-order valence-electron chi connectivity index (χ3n) is 1.86. The summed E-state index contributed by atoms with van der Waals surface area (Å²) in [7, 11) is -3.50. The Bertz CT molecular complexity index is 445. The van der Waals surface area contributed by atoms with Crippen molar-refractivity contribution in [2.24, 2.45) is 0 Å². The van der Waals surface area contributed by atoms with Crippen molar-refractivity contribution < 1.29 is 17.4 Å². The fraction of sp³-hybridized carbons (Fsp3) is 0.455. The minimum atomic E-state index is -3.50. The molecule has 0 amide bonds. The molecular formula is C11H17NO4S. The molecule has 0 aliphatic rings. The minimum absolute atomic E-state index is 0.502. The Balaban J connectivity index is 2.53. The van der Waals surface area contributed by atoms with Crippen LogP contribution in [-0.4, -0.2) is 21.3 Å². The molecule has 0 aromatic heterocycles. The number of nitrogens with one attached hydrogen (secondary N) is 1. The molecule has 17 heavy (non-hydrogen) atoms. The number of hydrogen-bond donors (Lipinski definition) is 1. The topological polar surface area (TPSA) is 64.6 Å². The maximum absolute atomic E-state index is 10.8. The molecule has 1 aromatic carbocycles. The van der Waals surface area contributed by atoms with Gasteiger partial charge in [-0.3, -0.25) is 0 Å². The molecule has 0 saturated carbocycles. The van der Waals surface area contributed by atoms with Gasteiger partial charge in [0.05, 0.1) is 18.6 Å². The van der Waals surface area contributed by atoms with Crippen molar-refractivity contribution in [1.82, 2.24) is 0 Å². The molecule has 0 heterocycles. The average Bonchev–Trinajstić information content (AvgIpc) is 2.27. The van der Waals surface area contributed by atoms with Crippen LogP contribution in [0.1, 0.15) is 18.9 Å². The van der Waals surface area contributed by atoms with Crippen LogP contribution in [0, 0.1) is 0 Å². The number of anilines is 1. The van der Waals surface area contributed by atoms with E-state index < -0.39 is 10.1 Å². The van der Waals surface area contributed by atoms with Crippen molar-refractivity contribution in [3.8, 4) is 0 Å². The van der Waals surface area contributed by atoms with Gasteiger partial charge in [-0.2, -0.15) is 12.7 Å². The lowest BCUT2D eigenvalue weighted by Crippen LogP contribution is -2.09. The van der Waals surface area contributed by atoms with E-state index in [9.17, 15) is 8.42 Å². The Kier molecular flexibility index (Phi) is 5.40. The number of rotatable bonds is 7. The number of benzene rings is 1. The Morgan fingerprint density at radius 1 is 1.35 bits per heavy atom. The van der Waals surface area contributed by atoms with Crippen molar-refractivity contribution in [3.05, 3.63) is 29.8 Å². The van der Waals surface area contributed by atoms with Crippen LogP contribution in [0.25, 0.3) is 0 Å². The lowest BCUT2D eigenvalue weighted by molar-refractivity contribution is 0.121. The molecule has 0 aliphatic heterocycles. The van der Waals surface area contributed by atoms with Crippen LogP contribution in [0.2, 0.25) is 0 Å². The Morgan fingerprint density at radius 3 is 2.76 bits per heavy atom. The molecule has 1 N–H and O–H groups in total. The summed E-state index contributed by atoms with van der Waals surface area (Å²) >= 11 is 0. The summed E-state index contributed by atoms with van der Waals surface area (Å²) in [5, 5.41) is 0. The summed E-state index contributed by atoms with van der Waals surface area (Å²) in [5.41, 5.74) is 3.91. The summed E-state index contributed by atoms with van der Waals surface area (Å²) in [6.07, 6.45) is 1.95. The molecule has 0 saturated heterocycles. The van der Waals surface area contributed by atoms with E-state index in [2.05, 4.69) is 9.76 Å². The van der Waals surface area contributed by atoms with Crippen LogP contribution in [0.3, 0.4) is 0 Å². The first-order valence-electron chi connectivity index (χ1n) is 5.32. The highest BCUT2D eigenvalue weighted by Crippen LogP contribution is 2.12. The highest BCUT2D eigenvalue weighted by molar-refractivity contribution is 7.86. The quantitative estimate of drug-likeness (QED) is 0.598. The van der Waals surface area contributed by atoms with Gasteiger partial charge in [0.25, 0.3) is 10.1 Å². The van der Waals surface area contributed by atoms with Gasteiger partial charge in [-0.25, -0.2) is 5.48 Å². The van der Waals surface area contributed by atoms with Gasteiger partial charge in [-0.1, -0.05) is 19.1 Å². The van der Waals surface area contributed by atoms with Crippen molar-refractivity contribution >= 4 is 15.8 Å². The van der Waals surface area contributed by atoms with Gasteiger partial charge in [0.15, 0.2) is 0 Å². The van der Waals surface area contributed by atoms with Crippen LogP contribution in [0.15, 0.2) is 24.3 Å². The predicted molar refractivity (Wildman–Crippen MR) is 65.9 cm³/mol. The summed E-state index contributed by atoms with van der Waals surface area (Å²) in [4.78, 5) is 0. The van der Waals surface area contributed by atoms with Gasteiger partial charge >= 0.3 is 0 Å². The molecule has 5 nitrogen and oxygen atoms in total.